The highest BCUT2D eigenvalue weighted by atomic mass is 35.5. The molecule has 0 radical (unpaired) electrons. The van der Waals surface area contributed by atoms with Crippen LogP contribution in [-0.2, 0) is 14.8 Å². The lowest BCUT2D eigenvalue weighted by Gasteiger charge is -2.18. The van der Waals surface area contributed by atoms with Crippen LogP contribution in [0.25, 0.3) is 0 Å². The van der Waals surface area contributed by atoms with E-state index in [1.54, 1.807) is 24.0 Å². The van der Waals surface area contributed by atoms with Crippen LogP contribution in [-0.4, -0.2) is 26.0 Å². The maximum Gasteiger partial charge on any atom is 0.267 e. The minimum Gasteiger partial charge on any atom is -0.360 e. The molecule has 2 heterocycles. The standard InChI is InChI=1S/C15H16ClN3O4S/c1-9-15(10(2)23-17-9)24(21,22)18-11-5-6-13(12(16)8-11)19-7-3-4-14(19)20/h5-6,8,18H,3-4,7H2,1-2H3. The molecule has 1 N–H and O–H groups in total. The summed E-state index contributed by atoms with van der Waals surface area (Å²) >= 11 is 6.23. The fraction of sp³-hybridized carbons (Fsp3) is 0.333. The highest BCUT2D eigenvalue weighted by Gasteiger charge is 2.26. The molecule has 1 fully saturated rings. The Morgan fingerprint density at radius 1 is 1.33 bits per heavy atom. The smallest absolute Gasteiger partial charge is 0.267 e. The van der Waals surface area contributed by atoms with Crippen molar-refractivity contribution in [3.05, 3.63) is 34.7 Å². The summed E-state index contributed by atoms with van der Waals surface area (Å²) in [5.41, 5.74) is 1.17. The van der Waals surface area contributed by atoms with Gasteiger partial charge in [-0.1, -0.05) is 16.8 Å². The quantitative estimate of drug-likeness (QED) is 0.894. The normalized spacial score (nSPS) is 15.1. The maximum atomic E-state index is 12.5. The van der Waals surface area contributed by atoms with Gasteiger partial charge in [-0.2, -0.15) is 0 Å². The van der Waals surface area contributed by atoms with Gasteiger partial charge >= 0.3 is 0 Å². The van der Waals surface area contributed by atoms with Gasteiger partial charge in [0.25, 0.3) is 10.0 Å². The van der Waals surface area contributed by atoms with E-state index in [9.17, 15) is 13.2 Å². The van der Waals surface area contributed by atoms with Crippen molar-refractivity contribution < 1.29 is 17.7 Å². The van der Waals surface area contributed by atoms with Crippen molar-refractivity contribution in [3.8, 4) is 0 Å². The van der Waals surface area contributed by atoms with Crippen molar-refractivity contribution in [1.29, 1.82) is 0 Å². The summed E-state index contributed by atoms with van der Waals surface area (Å²) in [5.74, 6) is 0.228. The summed E-state index contributed by atoms with van der Waals surface area (Å²) in [4.78, 5) is 13.4. The minimum absolute atomic E-state index is 0.0115. The maximum absolute atomic E-state index is 12.5. The molecule has 0 bridgehead atoms. The molecule has 1 amide bonds. The number of carbonyl (C=O) groups is 1. The molecule has 1 saturated heterocycles. The second-order valence-corrected chi connectivity index (χ2v) is 7.60. The third-order valence-corrected chi connectivity index (χ3v) is 5.73. The number of nitrogens with zero attached hydrogens (tertiary/aromatic N) is 2. The monoisotopic (exact) mass is 369 g/mol. The second-order valence-electron chi connectivity index (χ2n) is 5.57. The van der Waals surface area contributed by atoms with Crippen LogP contribution in [0.15, 0.2) is 27.6 Å². The molecule has 9 heteroatoms. The zero-order valence-corrected chi connectivity index (χ0v) is 14.7. The molecule has 1 aliphatic rings. The van der Waals surface area contributed by atoms with Gasteiger partial charge in [0, 0.05) is 13.0 Å². The molecule has 0 spiro atoms. The van der Waals surface area contributed by atoms with Crippen LogP contribution in [0.3, 0.4) is 0 Å². The van der Waals surface area contributed by atoms with E-state index >= 15 is 0 Å². The molecule has 0 saturated carbocycles. The molecule has 0 atom stereocenters. The van der Waals surface area contributed by atoms with Gasteiger partial charge in [-0.25, -0.2) is 8.42 Å². The minimum atomic E-state index is -3.84. The van der Waals surface area contributed by atoms with Gasteiger partial charge in [-0.05, 0) is 38.5 Å². The molecular weight excluding hydrogens is 354 g/mol. The van der Waals surface area contributed by atoms with Gasteiger partial charge in [-0.15, -0.1) is 0 Å². The average molecular weight is 370 g/mol. The Hall–Kier alpha value is -2.06. The Labute approximate surface area is 144 Å². The number of carbonyl (C=O) groups excluding carboxylic acids is 1. The number of sulfonamides is 1. The molecule has 1 aliphatic heterocycles. The molecule has 0 aliphatic carbocycles. The topological polar surface area (TPSA) is 92.5 Å². The number of aryl methyl sites for hydroxylation is 2. The largest absolute Gasteiger partial charge is 0.360 e. The predicted octanol–water partition coefficient (Wildman–Crippen LogP) is 2.87. The summed E-state index contributed by atoms with van der Waals surface area (Å²) in [7, 11) is -3.84. The number of benzene rings is 1. The fourth-order valence-electron chi connectivity index (χ4n) is 2.76. The Morgan fingerprint density at radius 3 is 2.62 bits per heavy atom. The summed E-state index contributed by atoms with van der Waals surface area (Å²) in [6, 6.07) is 4.69. The zero-order valence-electron chi connectivity index (χ0n) is 13.2. The van der Waals surface area contributed by atoms with Gasteiger partial charge in [0.1, 0.15) is 5.69 Å². The van der Waals surface area contributed by atoms with Gasteiger partial charge in [0.15, 0.2) is 10.7 Å². The molecule has 3 rings (SSSR count). The van der Waals surface area contributed by atoms with Crippen LogP contribution in [0.4, 0.5) is 11.4 Å². The molecule has 1 aromatic carbocycles. The lowest BCUT2D eigenvalue weighted by molar-refractivity contribution is -0.117. The van der Waals surface area contributed by atoms with Gasteiger partial charge in [0.05, 0.1) is 16.4 Å². The van der Waals surface area contributed by atoms with E-state index in [1.807, 2.05) is 0 Å². The van der Waals surface area contributed by atoms with Crippen LogP contribution >= 0.6 is 11.6 Å². The van der Waals surface area contributed by atoms with Crippen LogP contribution in [0, 0.1) is 13.8 Å². The predicted molar refractivity (Wildman–Crippen MR) is 89.8 cm³/mol. The molecule has 128 valence electrons. The number of aromatic nitrogens is 1. The van der Waals surface area contributed by atoms with E-state index in [-0.39, 0.29) is 22.3 Å². The first kappa shape index (κ1) is 16.8. The summed E-state index contributed by atoms with van der Waals surface area (Å²) in [5, 5.41) is 3.96. The van der Waals surface area contributed by atoms with Crippen molar-refractivity contribution in [2.45, 2.75) is 31.6 Å². The molecule has 0 unspecified atom stereocenters. The number of hydrogen-bond acceptors (Lipinski definition) is 5. The number of halogens is 1. The average Bonchev–Trinajstić information content (AvgIpc) is 3.05. The summed E-state index contributed by atoms with van der Waals surface area (Å²) < 4.78 is 32.3. The van der Waals surface area contributed by atoms with Crippen LogP contribution < -0.4 is 9.62 Å². The molecule has 2 aromatic rings. The van der Waals surface area contributed by atoms with Crippen molar-refractivity contribution in [2.24, 2.45) is 0 Å². The van der Waals surface area contributed by atoms with E-state index in [4.69, 9.17) is 16.1 Å². The Kier molecular flexibility index (Phi) is 4.27. The Morgan fingerprint density at radius 2 is 2.08 bits per heavy atom. The van der Waals surface area contributed by atoms with Gasteiger partial charge in [-0.3, -0.25) is 9.52 Å². The van der Waals surface area contributed by atoms with Gasteiger partial charge < -0.3 is 9.42 Å². The molecule has 7 nitrogen and oxygen atoms in total. The van der Waals surface area contributed by atoms with Crippen molar-refractivity contribution >= 4 is 38.9 Å². The van der Waals surface area contributed by atoms with Crippen LogP contribution in [0.5, 0.6) is 0 Å². The third-order valence-electron chi connectivity index (χ3n) is 3.80. The number of hydrogen-bond donors (Lipinski definition) is 1. The fourth-order valence-corrected chi connectivity index (χ4v) is 4.42. The lowest BCUT2D eigenvalue weighted by Crippen LogP contribution is -2.24. The number of rotatable bonds is 4. The Balaban J connectivity index is 1.89. The highest BCUT2D eigenvalue weighted by Crippen LogP contribution is 2.32. The lowest BCUT2D eigenvalue weighted by atomic mass is 10.2. The Bertz CT molecular complexity index is 888. The molecular formula is C15H16ClN3O4S. The second kappa shape index (κ2) is 6.10. The molecule has 1 aromatic heterocycles. The summed E-state index contributed by atoms with van der Waals surface area (Å²) in [6.45, 7) is 3.70. The van der Waals surface area contributed by atoms with E-state index in [0.717, 1.165) is 6.42 Å². The van der Waals surface area contributed by atoms with Crippen molar-refractivity contribution in [2.75, 3.05) is 16.2 Å². The van der Waals surface area contributed by atoms with E-state index in [2.05, 4.69) is 9.88 Å². The zero-order chi connectivity index (χ0) is 17.5. The number of amides is 1. The third kappa shape index (κ3) is 2.99. The van der Waals surface area contributed by atoms with E-state index in [1.165, 1.54) is 13.0 Å². The number of anilines is 2. The van der Waals surface area contributed by atoms with Crippen LogP contribution in [0.2, 0.25) is 5.02 Å². The van der Waals surface area contributed by atoms with Crippen LogP contribution in [0.1, 0.15) is 24.3 Å². The van der Waals surface area contributed by atoms with Crippen molar-refractivity contribution in [3.63, 3.8) is 0 Å². The first-order valence-corrected chi connectivity index (χ1v) is 9.21. The first-order chi connectivity index (χ1) is 11.3. The summed E-state index contributed by atoms with van der Waals surface area (Å²) in [6.07, 6.45) is 1.28. The first-order valence-electron chi connectivity index (χ1n) is 7.35. The van der Waals surface area contributed by atoms with Gasteiger partial charge in [0.2, 0.25) is 5.91 Å². The van der Waals surface area contributed by atoms with E-state index in [0.29, 0.717) is 29.4 Å². The number of nitrogens with one attached hydrogen (secondary N) is 1. The SMILES string of the molecule is Cc1noc(C)c1S(=O)(=O)Nc1ccc(N2CCCC2=O)c(Cl)c1. The molecule has 24 heavy (non-hydrogen) atoms. The highest BCUT2D eigenvalue weighted by molar-refractivity contribution is 7.92. The van der Waals surface area contributed by atoms with Crippen molar-refractivity contribution in [1.82, 2.24) is 5.16 Å². The van der Waals surface area contributed by atoms with E-state index < -0.39 is 10.0 Å².